The average molecular weight is 332 g/mol. The highest BCUT2D eigenvalue weighted by molar-refractivity contribution is 7.20. The van der Waals surface area contributed by atoms with Crippen LogP contribution in [0.3, 0.4) is 0 Å². The molecule has 0 aliphatic rings. The van der Waals surface area contributed by atoms with Crippen LogP contribution in [-0.4, -0.2) is 21.3 Å². The van der Waals surface area contributed by atoms with Crippen molar-refractivity contribution in [2.45, 2.75) is 6.04 Å². The third kappa shape index (κ3) is 3.04. The normalized spacial score (nSPS) is 12.2. The number of ether oxygens (including phenoxy) is 2. The lowest BCUT2D eigenvalue weighted by Gasteiger charge is -2.19. The van der Waals surface area contributed by atoms with Gasteiger partial charge in [0.15, 0.2) is 0 Å². The molecule has 2 aromatic rings. The number of benzene rings is 1. The Morgan fingerprint density at radius 3 is 2.35 bits per heavy atom. The molecule has 20 heavy (non-hydrogen) atoms. The molecule has 1 N–H and O–H groups in total. The average Bonchev–Trinajstić information content (AvgIpc) is 2.79. The van der Waals surface area contributed by atoms with Crippen LogP contribution in [0.4, 0.5) is 0 Å². The minimum Gasteiger partial charge on any atom is -0.497 e. The molecule has 0 radical (unpaired) electrons. The van der Waals surface area contributed by atoms with E-state index in [2.05, 4.69) is 5.32 Å². The fourth-order valence-electron chi connectivity index (χ4n) is 2.09. The van der Waals surface area contributed by atoms with Crippen LogP contribution in [0.1, 0.15) is 17.2 Å². The first-order valence-electron chi connectivity index (χ1n) is 5.94. The molecule has 0 amide bonds. The molecule has 0 saturated heterocycles. The Bertz CT molecular complexity index is 601. The fourth-order valence-corrected chi connectivity index (χ4v) is 3.62. The predicted molar refractivity (Wildman–Crippen MR) is 84.8 cm³/mol. The molecule has 108 valence electrons. The first-order valence-corrected chi connectivity index (χ1v) is 7.51. The summed E-state index contributed by atoms with van der Waals surface area (Å²) in [5, 5.41) is 3.24. The van der Waals surface area contributed by atoms with E-state index in [1.54, 1.807) is 14.2 Å². The summed E-state index contributed by atoms with van der Waals surface area (Å²) in [6.45, 7) is 0. The molecule has 1 aromatic heterocycles. The zero-order valence-corrected chi connectivity index (χ0v) is 13.7. The minimum atomic E-state index is -0.0906. The summed E-state index contributed by atoms with van der Waals surface area (Å²) < 4.78 is 12.0. The van der Waals surface area contributed by atoms with Crippen molar-refractivity contribution in [3.05, 3.63) is 44.1 Å². The molecule has 1 unspecified atom stereocenters. The van der Waals surface area contributed by atoms with Gasteiger partial charge in [-0.05, 0) is 25.2 Å². The first-order chi connectivity index (χ1) is 9.60. The zero-order chi connectivity index (χ0) is 14.7. The van der Waals surface area contributed by atoms with Crippen molar-refractivity contribution < 1.29 is 9.47 Å². The minimum absolute atomic E-state index is 0.0906. The van der Waals surface area contributed by atoms with Crippen molar-refractivity contribution >= 4 is 34.5 Å². The summed E-state index contributed by atoms with van der Waals surface area (Å²) >= 11 is 13.6. The summed E-state index contributed by atoms with van der Waals surface area (Å²) in [6, 6.07) is 7.48. The summed E-state index contributed by atoms with van der Waals surface area (Å²) in [5.74, 6) is 1.48. The van der Waals surface area contributed by atoms with Gasteiger partial charge in [0, 0.05) is 17.2 Å². The number of hydrogen-bond donors (Lipinski definition) is 1. The molecule has 1 atom stereocenters. The van der Waals surface area contributed by atoms with E-state index < -0.39 is 0 Å². The molecular formula is C14H15Cl2NO2S. The van der Waals surface area contributed by atoms with Gasteiger partial charge in [-0.3, -0.25) is 0 Å². The van der Waals surface area contributed by atoms with E-state index in [9.17, 15) is 0 Å². The van der Waals surface area contributed by atoms with E-state index >= 15 is 0 Å². The van der Waals surface area contributed by atoms with Crippen molar-refractivity contribution in [3.8, 4) is 11.5 Å². The molecule has 0 saturated carbocycles. The Morgan fingerprint density at radius 2 is 1.85 bits per heavy atom. The van der Waals surface area contributed by atoms with Gasteiger partial charge in [0.2, 0.25) is 0 Å². The Balaban J connectivity index is 2.49. The summed E-state index contributed by atoms with van der Waals surface area (Å²) in [5.41, 5.74) is 1.92. The van der Waals surface area contributed by atoms with E-state index in [4.69, 9.17) is 32.7 Å². The molecule has 6 heteroatoms. The van der Waals surface area contributed by atoms with Crippen LogP contribution in [0.5, 0.6) is 11.5 Å². The molecule has 1 aromatic carbocycles. The van der Waals surface area contributed by atoms with Gasteiger partial charge >= 0.3 is 0 Å². The lowest BCUT2D eigenvalue weighted by atomic mass is 10.00. The van der Waals surface area contributed by atoms with Crippen molar-refractivity contribution in [1.82, 2.24) is 5.32 Å². The molecule has 0 aliphatic carbocycles. The van der Waals surface area contributed by atoms with Crippen LogP contribution in [0.15, 0.2) is 24.3 Å². The lowest BCUT2D eigenvalue weighted by molar-refractivity contribution is 0.388. The zero-order valence-electron chi connectivity index (χ0n) is 11.4. The Kier molecular flexibility index (Phi) is 5.16. The number of rotatable bonds is 5. The van der Waals surface area contributed by atoms with Gasteiger partial charge in [-0.15, -0.1) is 11.3 Å². The lowest BCUT2D eigenvalue weighted by Crippen LogP contribution is -2.18. The van der Waals surface area contributed by atoms with Crippen LogP contribution >= 0.6 is 34.5 Å². The molecule has 0 spiro atoms. The second-order valence-electron chi connectivity index (χ2n) is 4.11. The third-order valence-corrected chi connectivity index (χ3v) is 4.55. The summed E-state index contributed by atoms with van der Waals surface area (Å²) in [4.78, 5) is 0. The van der Waals surface area contributed by atoms with Gasteiger partial charge < -0.3 is 14.8 Å². The van der Waals surface area contributed by atoms with Gasteiger partial charge in [-0.2, -0.15) is 0 Å². The maximum absolute atomic E-state index is 6.25. The standard InChI is InChI=1S/C14H15Cl2NO2S/c1-17-13(10-7-12(15)20-14(10)16)9-5-4-8(18-2)6-11(9)19-3/h4-7,13,17H,1-3H3. The van der Waals surface area contributed by atoms with Crippen LogP contribution in [0.2, 0.25) is 8.67 Å². The number of thiophene rings is 1. The molecule has 0 aliphatic heterocycles. The van der Waals surface area contributed by atoms with E-state index in [0.717, 1.165) is 22.6 Å². The van der Waals surface area contributed by atoms with Crippen molar-refractivity contribution in [1.29, 1.82) is 0 Å². The van der Waals surface area contributed by atoms with E-state index in [-0.39, 0.29) is 6.04 Å². The number of methoxy groups -OCH3 is 2. The predicted octanol–water partition coefficient (Wildman–Crippen LogP) is 4.38. The monoisotopic (exact) mass is 331 g/mol. The first kappa shape index (κ1) is 15.4. The third-order valence-electron chi connectivity index (χ3n) is 3.03. The fraction of sp³-hybridized carbons (Fsp3) is 0.286. The van der Waals surface area contributed by atoms with Gasteiger partial charge in [-0.25, -0.2) is 0 Å². The highest BCUT2D eigenvalue weighted by atomic mass is 35.5. The van der Waals surface area contributed by atoms with Crippen LogP contribution in [-0.2, 0) is 0 Å². The van der Waals surface area contributed by atoms with E-state index in [0.29, 0.717) is 8.67 Å². The molecular weight excluding hydrogens is 317 g/mol. The largest absolute Gasteiger partial charge is 0.497 e. The van der Waals surface area contributed by atoms with Crippen molar-refractivity contribution in [2.75, 3.05) is 21.3 Å². The maximum atomic E-state index is 6.25. The second-order valence-corrected chi connectivity index (χ2v) is 6.39. The Morgan fingerprint density at radius 1 is 1.10 bits per heavy atom. The number of halogens is 2. The molecule has 0 fully saturated rings. The van der Waals surface area contributed by atoms with Crippen LogP contribution < -0.4 is 14.8 Å². The number of nitrogens with one attached hydrogen (secondary N) is 1. The van der Waals surface area contributed by atoms with Gasteiger partial charge in [0.25, 0.3) is 0 Å². The topological polar surface area (TPSA) is 30.5 Å². The van der Waals surface area contributed by atoms with Gasteiger partial charge in [0.1, 0.15) is 11.5 Å². The Labute approximate surface area is 132 Å². The molecule has 2 rings (SSSR count). The molecule has 3 nitrogen and oxygen atoms in total. The van der Waals surface area contributed by atoms with E-state index in [1.165, 1.54) is 11.3 Å². The summed E-state index contributed by atoms with van der Waals surface area (Å²) in [7, 11) is 5.13. The van der Waals surface area contributed by atoms with Crippen LogP contribution in [0.25, 0.3) is 0 Å². The van der Waals surface area contributed by atoms with E-state index in [1.807, 2.05) is 31.3 Å². The van der Waals surface area contributed by atoms with Crippen molar-refractivity contribution in [3.63, 3.8) is 0 Å². The van der Waals surface area contributed by atoms with Gasteiger partial charge in [0.05, 0.1) is 28.9 Å². The Hall–Kier alpha value is -0.940. The molecule has 0 bridgehead atoms. The SMILES string of the molecule is CNC(c1ccc(OC)cc1OC)c1cc(Cl)sc1Cl. The summed E-state index contributed by atoms with van der Waals surface area (Å²) in [6.07, 6.45) is 0. The van der Waals surface area contributed by atoms with Crippen molar-refractivity contribution in [2.24, 2.45) is 0 Å². The number of hydrogen-bond acceptors (Lipinski definition) is 4. The van der Waals surface area contributed by atoms with Gasteiger partial charge in [-0.1, -0.05) is 23.2 Å². The second kappa shape index (κ2) is 6.68. The van der Waals surface area contributed by atoms with Crippen LogP contribution in [0, 0.1) is 0 Å². The maximum Gasteiger partial charge on any atom is 0.127 e. The highest BCUT2D eigenvalue weighted by Gasteiger charge is 2.21. The highest BCUT2D eigenvalue weighted by Crippen LogP contribution is 2.40. The smallest absolute Gasteiger partial charge is 0.127 e. The quantitative estimate of drug-likeness (QED) is 0.881. The molecule has 1 heterocycles.